The first-order valence-corrected chi connectivity index (χ1v) is 11.0. The van der Waals surface area contributed by atoms with E-state index in [4.69, 9.17) is 19.7 Å². The summed E-state index contributed by atoms with van der Waals surface area (Å²) in [6.45, 7) is 2.60. The summed E-state index contributed by atoms with van der Waals surface area (Å²) < 4.78 is 11.1. The molecule has 0 unspecified atom stereocenters. The topological polar surface area (TPSA) is 93.1 Å². The molecule has 1 aromatic carbocycles. The van der Waals surface area contributed by atoms with Gasteiger partial charge in [-0.1, -0.05) is 56.4 Å². The maximum absolute atomic E-state index is 10.6. The van der Waals surface area contributed by atoms with Crippen LogP contribution in [0.5, 0.6) is 0 Å². The predicted molar refractivity (Wildman–Crippen MR) is 121 cm³/mol. The van der Waals surface area contributed by atoms with E-state index < -0.39 is 18.2 Å². The lowest BCUT2D eigenvalue weighted by atomic mass is 10.1. The van der Waals surface area contributed by atoms with Crippen LogP contribution in [0.1, 0.15) is 75.8 Å². The number of carbonyl (C=O) groups is 2. The summed E-state index contributed by atoms with van der Waals surface area (Å²) >= 11 is 0. The van der Waals surface area contributed by atoms with Crippen molar-refractivity contribution in [1.82, 2.24) is 0 Å². The molecule has 0 aliphatic rings. The number of unbranched alkanes of at least 4 members (excludes halogenated alkanes) is 4. The first kappa shape index (κ1) is 26.4. The second kappa shape index (κ2) is 17.1. The summed E-state index contributed by atoms with van der Waals surface area (Å²) in [6, 6.07) is 7.85. The Morgan fingerprint density at radius 1 is 1.00 bits per heavy atom. The lowest BCUT2D eigenvalue weighted by molar-refractivity contribution is -0.139. The van der Waals surface area contributed by atoms with Gasteiger partial charge in [0.1, 0.15) is 0 Å². The number of aliphatic carboxylic acids is 2. The fraction of sp³-hybridized carbons (Fsp3) is 0.520. The minimum absolute atomic E-state index is 0.00594. The standard InChI is InChI=1S/C25H34O6/c1-2-3-4-5-6-7-11-21-12-8-13-22(20-21)16-17-25(30-18-9-14-23(26)27)31-19-10-15-24(28)29/h7-8,11-13,20,25H,2-6,9-10,14-15,18-19H2,1H3,(H,26,27)(H,28,29). The Kier molecular flexibility index (Phi) is 14.6. The monoisotopic (exact) mass is 430 g/mol. The van der Waals surface area contributed by atoms with Crippen LogP contribution in [0.2, 0.25) is 0 Å². The van der Waals surface area contributed by atoms with Crippen LogP contribution in [0, 0.1) is 11.8 Å². The van der Waals surface area contributed by atoms with Crippen LogP contribution in [0.15, 0.2) is 30.3 Å². The molecule has 170 valence electrons. The minimum Gasteiger partial charge on any atom is -0.481 e. The second-order valence-corrected chi connectivity index (χ2v) is 7.21. The van der Waals surface area contributed by atoms with Gasteiger partial charge in [-0.05, 0) is 49.3 Å². The number of hydrogen-bond acceptors (Lipinski definition) is 4. The van der Waals surface area contributed by atoms with Gasteiger partial charge in [0.15, 0.2) is 0 Å². The third kappa shape index (κ3) is 14.9. The number of allylic oxidation sites excluding steroid dienone is 1. The Morgan fingerprint density at radius 3 is 2.29 bits per heavy atom. The molecule has 1 rings (SSSR count). The molecule has 0 radical (unpaired) electrons. The van der Waals surface area contributed by atoms with Crippen LogP contribution >= 0.6 is 0 Å². The summed E-state index contributed by atoms with van der Waals surface area (Å²) in [4.78, 5) is 21.3. The van der Waals surface area contributed by atoms with Crippen molar-refractivity contribution in [3.63, 3.8) is 0 Å². The maximum Gasteiger partial charge on any atom is 0.303 e. The Hall–Kier alpha value is -2.62. The minimum atomic E-state index is -0.885. The van der Waals surface area contributed by atoms with Crippen LogP contribution in [0.25, 0.3) is 6.08 Å². The average molecular weight is 431 g/mol. The van der Waals surface area contributed by atoms with Gasteiger partial charge in [-0.25, -0.2) is 0 Å². The molecule has 0 spiro atoms. The van der Waals surface area contributed by atoms with Gasteiger partial charge < -0.3 is 19.7 Å². The van der Waals surface area contributed by atoms with Crippen molar-refractivity contribution in [1.29, 1.82) is 0 Å². The third-order valence-corrected chi connectivity index (χ3v) is 4.36. The SMILES string of the molecule is CCCCCCC=Cc1cccc(C#CC(OCCCC(=O)O)OCCCC(=O)O)c1. The van der Waals surface area contributed by atoms with E-state index in [1.807, 2.05) is 24.3 Å². The molecule has 0 saturated carbocycles. The molecule has 6 nitrogen and oxygen atoms in total. The van der Waals surface area contributed by atoms with Gasteiger partial charge in [0, 0.05) is 18.4 Å². The molecular weight excluding hydrogens is 396 g/mol. The van der Waals surface area contributed by atoms with Crippen molar-refractivity contribution in [3.05, 3.63) is 41.5 Å². The third-order valence-electron chi connectivity index (χ3n) is 4.36. The fourth-order valence-corrected chi connectivity index (χ4v) is 2.73. The van der Waals surface area contributed by atoms with Crippen molar-refractivity contribution < 1.29 is 29.3 Å². The molecule has 0 bridgehead atoms. The van der Waals surface area contributed by atoms with Gasteiger partial charge in [0.05, 0.1) is 13.2 Å². The van der Waals surface area contributed by atoms with Gasteiger partial charge in [0.2, 0.25) is 6.29 Å². The molecule has 0 saturated heterocycles. The predicted octanol–water partition coefficient (Wildman–Crippen LogP) is 5.11. The number of carboxylic acids is 2. The second-order valence-electron chi connectivity index (χ2n) is 7.21. The molecule has 0 aliphatic carbocycles. The van der Waals surface area contributed by atoms with Crippen molar-refractivity contribution in [2.75, 3.05) is 13.2 Å². The van der Waals surface area contributed by atoms with E-state index in [0.717, 1.165) is 17.5 Å². The van der Waals surface area contributed by atoms with E-state index in [0.29, 0.717) is 12.8 Å². The van der Waals surface area contributed by atoms with Crippen LogP contribution < -0.4 is 0 Å². The van der Waals surface area contributed by atoms with Gasteiger partial charge in [-0.3, -0.25) is 9.59 Å². The van der Waals surface area contributed by atoms with Gasteiger partial charge >= 0.3 is 11.9 Å². The quantitative estimate of drug-likeness (QED) is 0.215. The number of hydrogen-bond donors (Lipinski definition) is 2. The van der Waals surface area contributed by atoms with Crippen molar-refractivity contribution in [3.8, 4) is 11.8 Å². The van der Waals surface area contributed by atoms with E-state index in [1.54, 1.807) is 0 Å². The van der Waals surface area contributed by atoms with Crippen LogP contribution in [0.3, 0.4) is 0 Å². The number of carboxylic acid groups (broad SMARTS) is 2. The van der Waals surface area contributed by atoms with E-state index in [-0.39, 0.29) is 26.1 Å². The molecule has 0 amide bonds. The van der Waals surface area contributed by atoms with Crippen molar-refractivity contribution in [2.45, 2.75) is 71.0 Å². The Morgan fingerprint density at radius 2 is 1.68 bits per heavy atom. The Bertz CT molecular complexity index is 722. The molecule has 31 heavy (non-hydrogen) atoms. The Balaban J connectivity index is 2.64. The van der Waals surface area contributed by atoms with Gasteiger partial charge in [-0.2, -0.15) is 0 Å². The highest BCUT2D eigenvalue weighted by Crippen LogP contribution is 2.09. The maximum atomic E-state index is 10.6. The summed E-state index contributed by atoms with van der Waals surface area (Å²) in [6.07, 6.45) is 10.2. The van der Waals surface area contributed by atoms with Gasteiger partial charge in [0.25, 0.3) is 0 Å². The van der Waals surface area contributed by atoms with E-state index in [2.05, 4.69) is 30.9 Å². The highest BCUT2D eigenvalue weighted by Gasteiger charge is 2.07. The smallest absolute Gasteiger partial charge is 0.303 e. The lowest BCUT2D eigenvalue weighted by Gasteiger charge is -2.12. The largest absolute Gasteiger partial charge is 0.481 e. The zero-order valence-corrected chi connectivity index (χ0v) is 18.3. The summed E-state index contributed by atoms with van der Waals surface area (Å²) in [5.41, 5.74) is 1.89. The molecule has 1 aromatic rings. The number of ether oxygens (including phenoxy) is 2. The average Bonchev–Trinajstić information content (AvgIpc) is 2.74. The molecule has 2 N–H and O–H groups in total. The molecule has 6 heteroatoms. The molecule has 0 aromatic heterocycles. The fourth-order valence-electron chi connectivity index (χ4n) is 2.73. The molecule has 0 heterocycles. The van der Waals surface area contributed by atoms with E-state index in [9.17, 15) is 9.59 Å². The first-order chi connectivity index (χ1) is 15.0. The van der Waals surface area contributed by atoms with Gasteiger partial charge in [-0.15, -0.1) is 0 Å². The summed E-state index contributed by atoms with van der Waals surface area (Å²) in [5, 5.41) is 17.4. The Labute approximate surface area is 185 Å². The van der Waals surface area contributed by atoms with Crippen molar-refractivity contribution in [2.24, 2.45) is 0 Å². The van der Waals surface area contributed by atoms with E-state index >= 15 is 0 Å². The summed E-state index contributed by atoms with van der Waals surface area (Å²) in [5.74, 6) is 4.18. The van der Waals surface area contributed by atoms with Crippen LogP contribution in [-0.2, 0) is 19.1 Å². The highest BCUT2D eigenvalue weighted by molar-refractivity contribution is 5.66. The van der Waals surface area contributed by atoms with Crippen molar-refractivity contribution >= 4 is 18.0 Å². The first-order valence-electron chi connectivity index (χ1n) is 11.0. The molecular formula is C25H34O6. The van der Waals surface area contributed by atoms with E-state index in [1.165, 1.54) is 25.7 Å². The number of benzene rings is 1. The number of rotatable bonds is 16. The molecule has 0 fully saturated rings. The highest BCUT2D eigenvalue weighted by atomic mass is 16.7. The lowest BCUT2D eigenvalue weighted by Crippen LogP contribution is -2.17. The molecule has 0 aliphatic heterocycles. The van der Waals surface area contributed by atoms with Crippen LogP contribution in [-0.4, -0.2) is 41.7 Å². The summed E-state index contributed by atoms with van der Waals surface area (Å²) in [7, 11) is 0. The normalized spacial score (nSPS) is 10.9. The zero-order valence-electron chi connectivity index (χ0n) is 18.3. The van der Waals surface area contributed by atoms with Crippen LogP contribution in [0.4, 0.5) is 0 Å². The zero-order chi connectivity index (χ0) is 22.7. The molecule has 0 atom stereocenters.